The van der Waals surface area contributed by atoms with Crippen molar-refractivity contribution >= 4 is 33.4 Å². The molecule has 4 rings (SSSR count). The van der Waals surface area contributed by atoms with Gasteiger partial charge >= 0.3 is 5.97 Å². The Kier molecular flexibility index (Phi) is 9.12. The molecule has 0 bridgehead atoms. The Morgan fingerprint density at radius 3 is 2.38 bits per heavy atom. The minimum atomic E-state index is -4.31. The van der Waals surface area contributed by atoms with E-state index in [0.29, 0.717) is 6.42 Å². The van der Waals surface area contributed by atoms with E-state index in [9.17, 15) is 23.1 Å². The van der Waals surface area contributed by atoms with Gasteiger partial charge in [-0.3, -0.25) is 4.79 Å². The zero-order valence-corrected chi connectivity index (χ0v) is 22.7. The first-order chi connectivity index (χ1) is 19.2. The molecule has 1 amide bonds. The summed E-state index contributed by atoms with van der Waals surface area (Å²) in [6.07, 6.45) is 3.87. The van der Waals surface area contributed by atoms with Crippen molar-refractivity contribution < 1.29 is 28.0 Å². The molecule has 3 aromatic rings. The van der Waals surface area contributed by atoms with Crippen LogP contribution in [0.15, 0.2) is 89.0 Å². The van der Waals surface area contributed by atoms with Crippen LogP contribution in [0.5, 0.6) is 0 Å². The molecule has 0 saturated carbocycles. The number of rotatable bonds is 13. The Hall–Kier alpha value is -4.29. The minimum Gasteiger partial charge on any atom is -0.478 e. The standard InChI is InChI=1S/C28H31N5O6S/c1-28(27(35)36,33-40(37,38)23-15-13-21(14-16-23)20-9-3-2-4-10-20)31-26(34)24-19-22(39-32-24)11-5-7-17-29-25-12-6-8-18-30-25/h2-4,6,8-10,12-16,18,22,33H,5,7,11,17,19H2,1H3,(H,29,30)(H,31,34)(H,35,36). The second-order valence-corrected chi connectivity index (χ2v) is 11.2. The molecule has 2 heterocycles. The van der Waals surface area contributed by atoms with Crippen molar-refractivity contribution in [3.8, 4) is 11.1 Å². The van der Waals surface area contributed by atoms with Crippen molar-refractivity contribution in [1.29, 1.82) is 0 Å². The summed E-state index contributed by atoms with van der Waals surface area (Å²) < 4.78 is 28.2. The molecular weight excluding hydrogens is 534 g/mol. The van der Waals surface area contributed by atoms with Gasteiger partial charge in [0.05, 0.1) is 4.90 Å². The predicted octanol–water partition coefficient (Wildman–Crippen LogP) is 3.37. The summed E-state index contributed by atoms with van der Waals surface area (Å²) >= 11 is 0. The summed E-state index contributed by atoms with van der Waals surface area (Å²) in [5.41, 5.74) is -0.630. The van der Waals surface area contributed by atoms with E-state index in [4.69, 9.17) is 4.84 Å². The Balaban J connectivity index is 1.29. The van der Waals surface area contributed by atoms with Gasteiger partial charge in [0.2, 0.25) is 15.7 Å². The minimum absolute atomic E-state index is 0.00417. The van der Waals surface area contributed by atoms with Gasteiger partial charge in [-0.1, -0.05) is 53.7 Å². The maximum absolute atomic E-state index is 13.0. The number of carbonyl (C=O) groups excluding carboxylic acids is 1. The largest absolute Gasteiger partial charge is 0.478 e. The third kappa shape index (κ3) is 7.42. The highest BCUT2D eigenvalue weighted by Gasteiger charge is 2.41. The summed E-state index contributed by atoms with van der Waals surface area (Å²) in [7, 11) is -4.31. The van der Waals surface area contributed by atoms with Crippen LogP contribution in [0.3, 0.4) is 0 Å². The number of carboxylic acids is 1. The fourth-order valence-corrected chi connectivity index (χ4v) is 5.39. The molecule has 1 aromatic heterocycles. The number of nitrogens with one attached hydrogen (secondary N) is 3. The number of oxime groups is 1. The van der Waals surface area contributed by atoms with Gasteiger partial charge in [0, 0.05) is 19.2 Å². The van der Waals surface area contributed by atoms with E-state index >= 15 is 0 Å². The van der Waals surface area contributed by atoms with Gasteiger partial charge in [-0.2, -0.15) is 4.72 Å². The van der Waals surface area contributed by atoms with E-state index in [0.717, 1.165) is 43.3 Å². The van der Waals surface area contributed by atoms with E-state index in [1.807, 2.05) is 48.5 Å². The third-order valence-corrected chi connectivity index (χ3v) is 7.89. The molecule has 2 aromatic carbocycles. The van der Waals surface area contributed by atoms with Gasteiger partial charge in [-0.05, 0) is 61.6 Å². The molecule has 210 valence electrons. The maximum Gasteiger partial charge on any atom is 0.345 e. The first kappa shape index (κ1) is 28.7. The van der Waals surface area contributed by atoms with E-state index in [2.05, 4.69) is 25.5 Å². The van der Waals surface area contributed by atoms with Crippen molar-refractivity contribution in [2.45, 2.75) is 49.3 Å². The number of aliphatic carboxylic acids is 1. The Morgan fingerprint density at radius 1 is 1.00 bits per heavy atom. The van der Waals surface area contributed by atoms with Crippen molar-refractivity contribution in [1.82, 2.24) is 15.0 Å². The quantitative estimate of drug-likeness (QED) is 0.181. The summed E-state index contributed by atoms with van der Waals surface area (Å²) in [6.45, 7) is 1.79. The van der Waals surface area contributed by atoms with E-state index in [-0.39, 0.29) is 23.1 Å². The zero-order valence-electron chi connectivity index (χ0n) is 21.9. The highest BCUT2D eigenvalue weighted by Crippen LogP contribution is 2.22. The number of pyridine rings is 1. The van der Waals surface area contributed by atoms with Gasteiger partial charge < -0.3 is 20.6 Å². The Labute approximate surface area is 232 Å². The fraction of sp³-hybridized carbons (Fsp3) is 0.286. The number of amides is 1. The number of hydrogen-bond donors (Lipinski definition) is 4. The number of anilines is 1. The topological polar surface area (TPSA) is 159 Å². The number of unbranched alkanes of at least 4 members (excludes halogenated alkanes) is 1. The van der Waals surface area contributed by atoms with Crippen LogP contribution in [0.25, 0.3) is 11.1 Å². The van der Waals surface area contributed by atoms with E-state index in [1.165, 1.54) is 12.1 Å². The van der Waals surface area contributed by atoms with Crippen LogP contribution >= 0.6 is 0 Å². The smallest absolute Gasteiger partial charge is 0.345 e. The molecule has 2 atom stereocenters. The molecule has 0 radical (unpaired) electrons. The molecule has 4 N–H and O–H groups in total. The average molecular weight is 566 g/mol. The number of aromatic nitrogens is 1. The first-order valence-corrected chi connectivity index (χ1v) is 14.3. The molecular formula is C28H31N5O6S. The number of carbonyl (C=O) groups is 2. The lowest BCUT2D eigenvalue weighted by Crippen LogP contribution is -2.64. The van der Waals surface area contributed by atoms with Crippen LogP contribution < -0.4 is 15.4 Å². The maximum atomic E-state index is 13.0. The van der Waals surface area contributed by atoms with E-state index in [1.54, 1.807) is 18.3 Å². The molecule has 1 aliphatic rings. The lowest BCUT2D eigenvalue weighted by atomic mass is 10.1. The molecule has 0 fully saturated rings. The zero-order chi connectivity index (χ0) is 28.6. The van der Waals surface area contributed by atoms with Crippen LogP contribution in [0.2, 0.25) is 0 Å². The molecule has 2 unspecified atom stereocenters. The van der Waals surface area contributed by atoms with Gasteiger partial charge in [-0.15, -0.1) is 0 Å². The van der Waals surface area contributed by atoms with Crippen LogP contribution in [-0.4, -0.2) is 54.4 Å². The lowest BCUT2D eigenvalue weighted by molar-refractivity contribution is -0.146. The molecule has 1 aliphatic heterocycles. The number of hydrogen-bond acceptors (Lipinski definition) is 8. The lowest BCUT2D eigenvalue weighted by Gasteiger charge is -2.27. The summed E-state index contributed by atoms with van der Waals surface area (Å²) in [5, 5.41) is 19.1. The molecule has 0 spiro atoms. The van der Waals surface area contributed by atoms with Gasteiger partial charge in [0.15, 0.2) is 0 Å². The molecule has 40 heavy (non-hydrogen) atoms. The van der Waals surface area contributed by atoms with E-state index < -0.39 is 27.6 Å². The predicted molar refractivity (Wildman–Crippen MR) is 150 cm³/mol. The summed E-state index contributed by atoms with van der Waals surface area (Å²) in [5.74, 6) is -1.61. The van der Waals surface area contributed by atoms with Gasteiger partial charge in [-0.25, -0.2) is 18.2 Å². The number of sulfonamides is 1. The van der Waals surface area contributed by atoms with Crippen LogP contribution in [0.4, 0.5) is 5.82 Å². The Morgan fingerprint density at radius 2 is 1.70 bits per heavy atom. The van der Waals surface area contributed by atoms with Crippen molar-refractivity contribution in [3.63, 3.8) is 0 Å². The SMILES string of the molecule is CC(NC(=O)C1=NOC(CCCCNc2ccccn2)C1)(NS(=O)(=O)c1ccc(-c2ccccc2)cc1)C(=O)O. The number of nitrogens with zero attached hydrogens (tertiary/aromatic N) is 2. The molecule has 12 heteroatoms. The van der Waals surface area contributed by atoms with Crippen molar-refractivity contribution in [3.05, 3.63) is 79.0 Å². The summed E-state index contributed by atoms with van der Waals surface area (Å²) in [6, 6.07) is 21.0. The van der Waals surface area contributed by atoms with Crippen molar-refractivity contribution in [2.24, 2.45) is 5.16 Å². The third-order valence-electron chi connectivity index (χ3n) is 6.32. The highest BCUT2D eigenvalue weighted by molar-refractivity contribution is 7.89. The van der Waals surface area contributed by atoms with Gasteiger partial charge in [0.25, 0.3) is 5.91 Å². The summed E-state index contributed by atoms with van der Waals surface area (Å²) in [4.78, 5) is 34.3. The second-order valence-electron chi connectivity index (χ2n) is 9.49. The monoisotopic (exact) mass is 565 g/mol. The molecule has 11 nitrogen and oxygen atoms in total. The van der Waals surface area contributed by atoms with Crippen LogP contribution in [0.1, 0.15) is 32.6 Å². The second kappa shape index (κ2) is 12.7. The number of carboxylic acid groups (broad SMARTS) is 1. The molecule has 0 saturated heterocycles. The first-order valence-electron chi connectivity index (χ1n) is 12.8. The van der Waals surface area contributed by atoms with Crippen molar-refractivity contribution in [2.75, 3.05) is 11.9 Å². The number of benzene rings is 2. The molecule has 0 aliphatic carbocycles. The fourth-order valence-electron chi connectivity index (χ4n) is 4.10. The van der Waals surface area contributed by atoms with Crippen LogP contribution in [0, 0.1) is 0 Å². The Bertz CT molecular complexity index is 1450. The van der Waals surface area contributed by atoms with Gasteiger partial charge in [0.1, 0.15) is 17.6 Å². The average Bonchev–Trinajstić information content (AvgIpc) is 3.43. The van der Waals surface area contributed by atoms with Crippen LogP contribution in [-0.2, 0) is 24.4 Å². The normalized spacial score (nSPS) is 16.3. The highest BCUT2D eigenvalue weighted by atomic mass is 32.2.